The molecule has 10 N–H and O–H groups in total. The Bertz CT molecular complexity index is 1210. The summed E-state index contributed by atoms with van der Waals surface area (Å²) in [6, 6.07) is -1.19. The number of aromatic nitrogens is 4. The van der Waals surface area contributed by atoms with Crippen molar-refractivity contribution < 1.29 is 56.3 Å². The highest BCUT2D eigenvalue weighted by molar-refractivity contribution is 7.66. The summed E-state index contributed by atoms with van der Waals surface area (Å²) in [6.07, 6.45) is -2.99. The van der Waals surface area contributed by atoms with Gasteiger partial charge in [-0.05, 0) is 0 Å². The van der Waals surface area contributed by atoms with Crippen LogP contribution in [0.1, 0.15) is 6.23 Å². The Morgan fingerprint density at radius 3 is 2.47 bits per heavy atom. The predicted molar refractivity (Wildman–Crippen MR) is 100 cm³/mol. The molecule has 6 atom stereocenters. The molecule has 0 amide bonds. The van der Waals surface area contributed by atoms with Gasteiger partial charge in [0.2, 0.25) is 5.95 Å². The van der Waals surface area contributed by atoms with E-state index in [9.17, 15) is 28.5 Å². The Kier molecular flexibility index (Phi) is 6.78. The van der Waals surface area contributed by atoms with E-state index in [1.54, 1.807) is 0 Å². The van der Waals surface area contributed by atoms with Gasteiger partial charge in [-0.3, -0.25) is 18.9 Å². The van der Waals surface area contributed by atoms with Gasteiger partial charge in [0.15, 0.2) is 17.4 Å². The van der Waals surface area contributed by atoms with E-state index in [0.717, 1.165) is 6.33 Å². The van der Waals surface area contributed by atoms with Crippen LogP contribution in [0.3, 0.4) is 0 Å². The first-order valence-electron chi connectivity index (χ1n) is 8.18. The standard InChI is InChI=1S/C10H17N6O13P3/c11-4-6(17)3(1-26-31(22,23)29-32(24,25)28-30(19,20)21)27-9(4)16-2-13-5-7(16)14-10(12)15-8(5)18/h2-4,6,9,17H,1,11H2,(H,22,23)(H,24,25)(H2,19,20,21)(H3,12,14,15,18)/t3-,4?,6?,9-/m1/s1. The minimum absolute atomic E-state index is 0.0348. The number of phosphoric acid groups is 3. The topological polar surface area (TPSA) is 305 Å². The van der Waals surface area contributed by atoms with E-state index < -0.39 is 60.1 Å². The van der Waals surface area contributed by atoms with Gasteiger partial charge in [0, 0.05) is 0 Å². The molecule has 0 radical (unpaired) electrons. The molecular formula is C10H17N6O13P3. The molecule has 1 saturated heterocycles. The number of nitrogen functional groups attached to an aromatic ring is 1. The van der Waals surface area contributed by atoms with E-state index in [4.69, 9.17) is 30.9 Å². The zero-order chi connectivity index (χ0) is 24.1. The number of ether oxygens (including phenoxy) is 1. The molecule has 1 aliphatic heterocycles. The fraction of sp³-hybridized carbons (Fsp3) is 0.500. The second kappa shape index (κ2) is 8.66. The van der Waals surface area contributed by atoms with E-state index in [2.05, 4.69) is 28.1 Å². The second-order valence-electron chi connectivity index (χ2n) is 6.30. The molecule has 0 aliphatic carbocycles. The molecule has 19 nitrogen and oxygen atoms in total. The van der Waals surface area contributed by atoms with Crippen LogP contribution in [0.25, 0.3) is 11.2 Å². The Morgan fingerprint density at radius 2 is 1.84 bits per heavy atom. The van der Waals surface area contributed by atoms with Crippen molar-refractivity contribution in [3.05, 3.63) is 16.7 Å². The van der Waals surface area contributed by atoms with Crippen molar-refractivity contribution in [3.8, 4) is 0 Å². The van der Waals surface area contributed by atoms with Crippen molar-refractivity contribution >= 4 is 40.6 Å². The Morgan fingerprint density at radius 1 is 1.19 bits per heavy atom. The molecule has 0 aromatic carbocycles. The first kappa shape index (κ1) is 25.1. The maximum Gasteiger partial charge on any atom is 0.490 e. The molecule has 22 heteroatoms. The van der Waals surface area contributed by atoms with Gasteiger partial charge in [-0.15, -0.1) is 0 Å². The lowest BCUT2D eigenvalue weighted by molar-refractivity contribution is -0.0428. The first-order chi connectivity index (χ1) is 14.6. The first-order valence-corrected chi connectivity index (χ1v) is 12.7. The van der Waals surface area contributed by atoms with Gasteiger partial charge in [-0.2, -0.15) is 13.6 Å². The molecule has 0 spiro atoms. The van der Waals surface area contributed by atoms with E-state index >= 15 is 0 Å². The summed E-state index contributed by atoms with van der Waals surface area (Å²) in [4.78, 5) is 57.5. The Hall–Kier alpha value is -1.56. The van der Waals surface area contributed by atoms with Crippen LogP contribution in [0.2, 0.25) is 0 Å². The summed E-state index contributed by atoms with van der Waals surface area (Å²) >= 11 is 0. The number of aromatic amines is 1. The van der Waals surface area contributed by atoms with Crippen molar-refractivity contribution in [1.29, 1.82) is 0 Å². The van der Waals surface area contributed by atoms with Gasteiger partial charge >= 0.3 is 23.5 Å². The molecule has 2 aromatic rings. The van der Waals surface area contributed by atoms with Crippen LogP contribution in [0.15, 0.2) is 11.1 Å². The number of H-pyrrole nitrogens is 1. The summed E-state index contributed by atoms with van der Waals surface area (Å²) < 4.78 is 52.0. The number of imidazole rings is 1. The van der Waals surface area contributed by atoms with Crippen LogP contribution in [0, 0.1) is 0 Å². The number of nitrogens with zero attached hydrogens (tertiary/aromatic N) is 3. The lowest BCUT2D eigenvalue weighted by atomic mass is 10.1. The number of rotatable bonds is 8. The van der Waals surface area contributed by atoms with Crippen LogP contribution in [-0.4, -0.2) is 69.1 Å². The molecule has 0 bridgehead atoms. The minimum atomic E-state index is -5.71. The Balaban J connectivity index is 1.72. The second-order valence-corrected chi connectivity index (χ2v) is 10.7. The summed E-state index contributed by atoms with van der Waals surface area (Å²) in [7, 11) is -16.7. The zero-order valence-corrected chi connectivity index (χ0v) is 18.1. The third-order valence-electron chi connectivity index (χ3n) is 3.96. The lowest BCUT2D eigenvalue weighted by Gasteiger charge is -2.19. The summed E-state index contributed by atoms with van der Waals surface area (Å²) in [5, 5.41) is 10.3. The maximum absolute atomic E-state index is 11.9. The molecule has 4 unspecified atom stereocenters. The third kappa shape index (κ3) is 5.67. The van der Waals surface area contributed by atoms with Crippen molar-refractivity contribution in [2.24, 2.45) is 5.73 Å². The van der Waals surface area contributed by atoms with Crippen molar-refractivity contribution in [2.45, 2.75) is 24.5 Å². The largest absolute Gasteiger partial charge is 0.490 e. The van der Waals surface area contributed by atoms with Crippen molar-refractivity contribution in [1.82, 2.24) is 19.5 Å². The lowest BCUT2D eigenvalue weighted by Crippen LogP contribution is -2.40. The number of hydrogen-bond donors (Lipinski definition) is 8. The van der Waals surface area contributed by atoms with E-state index in [1.165, 1.54) is 4.57 Å². The van der Waals surface area contributed by atoms with E-state index in [-0.39, 0.29) is 17.1 Å². The number of aliphatic hydroxyl groups excluding tert-OH is 1. The highest BCUT2D eigenvalue weighted by Crippen LogP contribution is 2.66. The average Bonchev–Trinajstić information content (AvgIpc) is 3.12. The van der Waals surface area contributed by atoms with Gasteiger partial charge in [-0.25, -0.2) is 18.7 Å². The molecule has 3 heterocycles. The number of aliphatic hydroxyl groups is 1. The van der Waals surface area contributed by atoms with Gasteiger partial charge in [-0.1, -0.05) is 0 Å². The molecule has 3 rings (SSSR count). The monoisotopic (exact) mass is 522 g/mol. The Labute approximate surface area is 176 Å². The number of fused-ring (bicyclic) bond motifs is 1. The average molecular weight is 522 g/mol. The molecule has 180 valence electrons. The molecular weight excluding hydrogens is 505 g/mol. The van der Waals surface area contributed by atoms with E-state index in [0.29, 0.717) is 0 Å². The van der Waals surface area contributed by atoms with Crippen LogP contribution in [0.5, 0.6) is 0 Å². The van der Waals surface area contributed by atoms with Crippen molar-refractivity contribution in [3.63, 3.8) is 0 Å². The maximum atomic E-state index is 11.9. The van der Waals surface area contributed by atoms with Gasteiger partial charge in [0.05, 0.1) is 19.0 Å². The molecule has 1 fully saturated rings. The number of nitrogens with one attached hydrogen (secondary N) is 1. The highest BCUT2D eigenvalue weighted by atomic mass is 31.3. The van der Waals surface area contributed by atoms with E-state index in [1.807, 2.05) is 0 Å². The van der Waals surface area contributed by atoms with Gasteiger partial charge in [0.1, 0.15) is 12.2 Å². The number of hydrogen-bond acceptors (Lipinski definition) is 13. The molecule has 0 saturated carbocycles. The normalized spacial score (nSPS) is 27.9. The molecule has 2 aromatic heterocycles. The van der Waals surface area contributed by atoms with Gasteiger partial charge < -0.3 is 40.9 Å². The van der Waals surface area contributed by atoms with Crippen LogP contribution in [0.4, 0.5) is 5.95 Å². The third-order valence-corrected chi connectivity index (χ3v) is 7.76. The number of anilines is 1. The zero-order valence-electron chi connectivity index (χ0n) is 15.4. The predicted octanol–water partition coefficient (Wildman–Crippen LogP) is -2.37. The van der Waals surface area contributed by atoms with Gasteiger partial charge in [0.25, 0.3) is 5.56 Å². The summed E-state index contributed by atoms with van der Waals surface area (Å²) in [5.41, 5.74) is 10.6. The molecule has 1 aliphatic rings. The smallest absolute Gasteiger partial charge is 0.389 e. The van der Waals surface area contributed by atoms with Crippen LogP contribution < -0.4 is 17.0 Å². The minimum Gasteiger partial charge on any atom is -0.389 e. The SMILES string of the molecule is Nc1nc2c(ncn2[C@@H]2O[C@H](COP(=O)(O)OP(=O)(O)OP(=O)(O)O)C(O)C2N)c(=O)[nH]1. The quantitative estimate of drug-likeness (QED) is 0.168. The van der Waals surface area contributed by atoms with Crippen LogP contribution >= 0.6 is 23.5 Å². The number of nitrogens with two attached hydrogens (primary N) is 2. The fourth-order valence-electron chi connectivity index (χ4n) is 2.76. The molecule has 32 heavy (non-hydrogen) atoms. The summed E-state index contributed by atoms with van der Waals surface area (Å²) in [5.74, 6) is -0.236. The van der Waals surface area contributed by atoms with Crippen LogP contribution in [-0.2, 0) is 31.6 Å². The summed E-state index contributed by atoms with van der Waals surface area (Å²) in [6.45, 7) is -0.933. The highest BCUT2D eigenvalue weighted by Gasteiger charge is 2.46. The fourth-order valence-corrected chi connectivity index (χ4v) is 5.79. The number of phosphoric ester groups is 1. The van der Waals surface area contributed by atoms with Crippen molar-refractivity contribution in [2.75, 3.05) is 12.3 Å².